The van der Waals surface area contributed by atoms with Crippen LogP contribution < -0.4 is 0 Å². The van der Waals surface area contributed by atoms with Gasteiger partial charge in [0.05, 0.1) is 12.0 Å². The van der Waals surface area contributed by atoms with Crippen molar-refractivity contribution in [1.82, 2.24) is 19.7 Å². The van der Waals surface area contributed by atoms with Gasteiger partial charge in [0.2, 0.25) is 5.82 Å². The first kappa shape index (κ1) is 15.7. The summed E-state index contributed by atoms with van der Waals surface area (Å²) in [7, 11) is 1.68. The molecule has 1 aromatic carbocycles. The van der Waals surface area contributed by atoms with E-state index in [9.17, 15) is 4.79 Å². The van der Waals surface area contributed by atoms with Gasteiger partial charge in [-0.15, -0.1) is 11.7 Å². The van der Waals surface area contributed by atoms with Gasteiger partial charge in [-0.05, 0) is 36.8 Å². The maximum Gasteiger partial charge on any atom is 0.293 e. The maximum absolute atomic E-state index is 12.5. The van der Waals surface area contributed by atoms with Crippen molar-refractivity contribution < 1.29 is 9.21 Å². The average molecular weight is 322 g/mol. The van der Waals surface area contributed by atoms with Crippen LogP contribution in [0.1, 0.15) is 16.2 Å². The molecule has 0 atom stereocenters. The molecular weight excluding hydrogens is 304 g/mol. The predicted octanol–water partition coefficient (Wildman–Crippen LogP) is 3.09. The Morgan fingerprint density at radius 3 is 2.88 bits per heavy atom. The molecular formula is C18H18N4O2. The normalized spacial score (nSPS) is 10.6. The fraction of sp³-hybridized carbons (Fsp3) is 0.167. The molecule has 0 bridgehead atoms. The van der Waals surface area contributed by atoms with E-state index in [1.807, 2.05) is 31.2 Å². The van der Waals surface area contributed by atoms with Gasteiger partial charge < -0.3 is 9.32 Å². The minimum absolute atomic E-state index is 0.118. The summed E-state index contributed by atoms with van der Waals surface area (Å²) in [6, 6.07) is 11.4. The molecule has 0 saturated heterocycles. The Labute approximate surface area is 140 Å². The van der Waals surface area contributed by atoms with Crippen LogP contribution in [0.5, 0.6) is 0 Å². The molecule has 0 N–H and O–H groups in total. The van der Waals surface area contributed by atoms with Crippen LogP contribution in [0.25, 0.3) is 17.3 Å². The number of likely N-dealkylation sites (N-methyl/N-ethyl adjacent to an activating group) is 1. The molecule has 2 aromatic heterocycles. The van der Waals surface area contributed by atoms with E-state index in [-0.39, 0.29) is 11.7 Å². The van der Waals surface area contributed by atoms with E-state index in [1.54, 1.807) is 36.2 Å². The topological polar surface area (TPSA) is 64.2 Å². The Hall–Kier alpha value is -3.15. The van der Waals surface area contributed by atoms with Gasteiger partial charge in [-0.1, -0.05) is 18.2 Å². The smallest absolute Gasteiger partial charge is 0.293 e. The fourth-order valence-corrected chi connectivity index (χ4v) is 2.35. The molecule has 0 fully saturated rings. The highest BCUT2D eigenvalue weighted by molar-refractivity contribution is 5.90. The van der Waals surface area contributed by atoms with Crippen LogP contribution in [0, 0.1) is 6.92 Å². The van der Waals surface area contributed by atoms with Crippen LogP contribution >= 0.6 is 0 Å². The zero-order chi connectivity index (χ0) is 17.1. The third-order valence-corrected chi connectivity index (χ3v) is 3.54. The number of aromatic nitrogens is 3. The number of benzene rings is 1. The van der Waals surface area contributed by atoms with Crippen molar-refractivity contribution in [2.24, 2.45) is 0 Å². The van der Waals surface area contributed by atoms with E-state index in [0.717, 1.165) is 11.3 Å². The summed E-state index contributed by atoms with van der Waals surface area (Å²) in [4.78, 5) is 18.4. The molecule has 0 aliphatic heterocycles. The minimum Gasteiger partial charge on any atom is -0.461 e. The van der Waals surface area contributed by atoms with Gasteiger partial charge in [-0.25, -0.2) is 4.68 Å². The summed E-state index contributed by atoms with van der Waals surface area (Å²) >= 11 is 0. The fourth-order valence-electron chi connectivity index (χ4n) is 2.35. The lowest BCUT2D eigenvalue weighted by atomic mass is 10.2. The Balaban J connectivity index is 2.10. The number of furan rings is 1. The lowest BCUT2D eigenvalue weighted by molar-refractivity contribution is 0.0798. The maximum atomic E-state index is 12.5. The number of nitrogens with zero attached hydrogens (tertiary/aromatic N) is 4. The van der Waals surface area contributed by atoms with Crippen LogP contribution in [0.4, 0.5) is 0 Å². The number of carbonyl (C=O) groups excluding carboxylic acids is 1. The molecule has 0 aliphatic rings. The summed E-state index contributed by atoms with van der Waals surface area (Å²) < 4.78 is 7.07. The molecule has 0 aliphatic carbocycles. The van der Waals surface area contributed by atoms with E-state index in [1.165, 1.54) is 4.90 Å². The molecule has 1 amide bonds. The SMILES string of the molecule is C=CCN(C)C(=O)c1nc(-c2ccco2)n(-c2cccc(C)c2)n1. The summed E-state index contributed by atoms with van der Waals surface area (Å²) in [5.41, 5.74) is 1.91. The number of rotatable bonds is 5. The molecule has 0 radical (unpaired) electrons. The first-order valence-corrected chi connectivity index (χ1v) is 7.54. The zero-order valence-electron chi connectivity index (χ0n) is 13.6. The number of amides is 1. The second-order valence-corrected chi connectivity index (χ2v) is 5.46. The van der Waals surface area contributed by atoms with Crippen LogP contribution in [0.2, 0.25) is 0 Å². The third-order valence-electron chi connectivity index (χ3n) is 3.54. The van der Waals surface area contributed by atoms with E-state index >= 15 is 0 Å². The van der Waals surface area contributed by atoms with Crippen molar-refractivity contribution in [3.63, 3.8) is 0 Å². The largest absolute Gasteiger partial charge is 0.461 e. The van der Waals surface area contributed by atoms with Gasteiger partial charge in [-0.3, -0.25) is 4.79 Å². The Morgan fingerprint density at radius 1 is 1.38 bits per heavy atom. The van der Waals surface area contributed by atoms with Gasteiger partial charge in [0.1, 0.15) is 0 Å². The average Bonchev–Trinajstić information content (AvgIpc) is 3.23. The van der Waals surface area contributed by atoms with Crippen molar-refractivity contribution in [2.75, 3.05) is 13.6 Å². The van der Waals surface area contributed by atoms with Gasteiger partial charge >= 0.3 is 0 Å². The molecule has 6 nitrogen and oxygen atoms in total. The quantitative estimate of drug-likeness (QED) is 0.677. The second kappa shape index (κ2) is 6.54. The number of hydrogen-bond acceptors (Lipinski definition) is 4. The van der Waals surface area contributed by atoms with Crippen LogP contribution in [0.15, 0.2) is 59.7 Å². The van der Waals surface area contributed by atoms with Crippen molar-refractivity contribution in [3.05, 3.63) is 66.7 Å². The van der Waals surface area contributed by atoms with Gasteiger partial charge in [0.25, 0.3) is 5.91 Å². The lowest BCUT2D eigenvalue weighted by Crippen LogP contribution is -2.27. The molecule has 3 rings (SSSR count). The third kappa shape index (κ3) is 2.99. The first-order valence-electron chi connectivity index (χ1n) is 7.54. The van der Waals surface area contributed by atoms with Crippen molar-refractivity contribution in [1.29, 1.82) is 0 Å². The number of hydrogen-bond donors (Lipinski definition) is 0. The van der Waals surface area contributed by atoms with Gasteiger partial charge in [0, 0.05) is 13.6 Å². The van der Waals surface area contributed by atoms with Gasteiger partial charge in [-0.2, -0.15) is 4.98 Å². The Kier molecular flexibility index (Phi) is 4.29. The number of carbonyl (C=O) groups is 1. The Morgan fingerprint density at radius 2 is 2.21 bits per heavy atom. The molecule has 0 saturated carbocycles. The van der Waals surface area contributed by atoms with Crippen molar-refractivity contribution in [3.8, 4) is 17.3 Å². The summed E-state index contributed by atoms with van der Waals surface area (Å²) in [5, 5.41) is 4.40. The molecule has 122 valence electrons. The molecule has 2 heterocycles. The second-order valence-electron chi connectivity index (χ2n) is 5.46. The predicted molar refractivity (Wildman–Crippen MR) is 91.0 cm³/mol. The standard InChI is InChI=1S/C18H18N4O2/c1-4-10-21(3)18(23)16-19-17(15-9-6-11-24-15)22(20-16)14-8-5-7-13(2)12-14/h4-9,11-12H,1,10H2,2-3H3. The summed E-state index contributed by atoms with van der Waals surface area (Å²) in [6.07, 6.45) is 3.22. The van der Waals surface area contributed by atoms with Crippen LogP contribution in [0.3, 0.4) is 0 Å². The van der Waals surface area contributed by atoms with Gasteiger partial charge in [0.15, 0.2) is 11.6 Å². The van der Waals surface area contributed by atoms with Crippen LogP contribution in [-0.2, 0) is 0 Å². The highest BCUT2D eigenvalue weighted by atomic mass is 16.3. The summed E-state index contributed by atoms with van der Waals surface area (Å²) in [6.45, 7) is 6.06. The lowest BCUT2D eigenvalue weighted by Gasteiger charge is -2.11. The monoisotopic (exact) mass is 322 g/mol. The molecule has 6 heteroatoms. The van der Waals surface area contributed by atoms with Crippen molar-refractivity contribution >= 4 is 5.91 Å². The van der Waals surface area contributed by atoms with E-state index in [4.69, 9.17) is 4.42 Å². The summed E-state index contributed by atoms with van der Waals surface area (Å²) in [5.74, 6) is 0.886. The molecule has 24 heavy (non-hydrogen) atoms. The first-order chi connectivity index (χ1) is 11.6. The number of aryl methyl sites for hydroxylation is 1. The molecule has 3 aromatic rings. The van der Waals surface area contributed by atoms with E-state index < -0.39 is 0 Å². The highest BCUT2D eigenvalue weighted by Gasteiger charge is 2.22. The highest BCUT2D eigenvalue weighted by Crippen LogP contribution is 2.22. The molecule has 0 unspecified atom stereocenters. The zero-order valence-corrected chi connectivity index (χ0v) is 13.6. The van der Waals surface area contributed by atoms with Crippen LogP contribution in [-0.4, -0.2) is 39.2 Å². The molecule has 0 spiro atoms. The van der Waals surface area contributed by atoms with Crippen molar-refractivity contribution in [2.45, 2.75) is 6.92 Å². The van der Waals surface area contributed by atoms with E-state index in [2.05, 4.69) is 16.7 Å². The Bertz CT molecular complexity index is 865. The van der Waals surface area contributed by atoms with E-state index in [0.29, 0.717) is 18.1 Å². The minimum atomic E-state index is -0.269.